The summed E-state index contributed by atoms with van der Waals surface area (Å²) in [5.41, 5.74) is 6.00. The van der Waals surface area contributed by atoms with E-state index in [-0.39, 0.29) is 6.04 Å². The summed E-state index contributed by atoms with van der Waals surface area (Å²) in [6, 6.07) is -0.237. The Morgan fingerprint density at radius 1 is 1.00 bits per heavy atom. The summed E-state index contributed by atoms with van der Waals surface area (Å²) >= 11 is 0. The van der Waals surface area contributed by atoms with Crippen molar-refractivity contribution in [1.82, 2.24) is 0 Å². The van der Waals surface area contributed by atoms with E-state index in [4.69, 9.17) is 5.73 Å². The van der Waals surface area contributed by atoms with Gasteiger partial charge in [0.05, 0.1) is 12.2 Å². The van der Waals surface area contributed by atoms with Crippen LogP contribution in [0.5, 0.6) is 0 Å². The highest BCUT2D eigenvalue weighted by molar-refractivity contribution is 4.90. The van der Waals surface area contributed by atoms with Gasteiger partial charge in [-0.15, -0.1) is 0 Å². The average molecular weight is 227 g/mol. The van der Waals surface area contributed by atoms with Gasteiger partial charge in [0.1, 0.15) is 0 Å². The van der Waals surface area contributed by atoms with Crippen LogP contribution in [0.15, 0.2) is 0 Å². The molecule has 2 saturated carbocycles. The molecule has 0 radical (unpaired) electrons. The fourth-order valence-electron chi connectivity index (χ4n) is 2.92. The normalized spacial score (nSPS) is 28.7. The number of rotatable bonds is 5. The maximum Gasteiger partial charge on any atom is 0.0952 e. The quantitative estimate of drug-likeness (QED) is 0.665. The van der Waals surface area contributed by atoms with Gasteiger partial charge in [-0.2, -0.15) is 0 Å². The Hall–Kier alpha value is -0.120. The van der Waals surface area contributed by atoms with Crippen LogP contribution in [0.4, 0.5) is 0 Å². The van der Waals surface area contributed by atoms with E-state index in [1.165, 1.54) is 32.1 Å². The summed E-state index contributed by atoms with van der Waals surface area (Å²) in [4.78, 5) is 0. The smallest absolute Gasteiger partial charge is 0.0952 e. The number of hydrogen-bond acceptors (Lipinski definition) is 3. The molecule has 4 N–H and O–H groups in total. The topological polar surface area (TPSA) is 66.5 Å². The monoisotopic (exact) mass is 227 g/mol. The van der Waals surface area contributed by atoms with Crippen molar-refractivity contribution in [3.05, 3.63) is 0 Å². The zero-order valence-electron chi connectivity index (χ0n) is 10.0. The first-order valence-corrected chi connectivity index (χ1v) is 6.80. The highest BCUT2D eigenvalue weighted by atomic mass is 16.3. The molecule has 2 fully saturated rings. The van der Waals surface area contributed by atoms with Gasteiger partial charge in [0.15, 0.2) is 0 Å². The summed E-state index contributed by atoms with van der Waals surface area (Å²) in [5, 5.41) is 19.8. The van der Waals surface area contributed by atoms with Crippen LogP contribution in [0.2, 0.25) is 0 Å². The van der Waals surface area contributed by atoms with Crippen LogP contribution in [-0.4, -0.2) is 28.5 Å². The van der Waals surface area contributed by atoms with Gasteiger partial charge in [-0.05, 0) is 31.1 Å². The molecule has 2 aliphatic rings. The lowest BCUT2D eigenvalue weighted by atomic mass is 9.83. The minimum absolute atomic E-state index is 0.237. The molecule has 2 aliphatic carbocycles. The largest absolute Gasteiger partial charge is 0.390 e. The molecule has 0 bridgehead atoms. The molecule has 1 unspecified atom stereocenters. The fourth-order valence-corrected chi connectivity index (χ4v) is 2.92. The molecular weight excluding hydrogens is 202 g/mol. The Morgan fingerprint density at radius 3 is 2.19 bits per heavy atom. The molecule has 0 aliphatic heterocycles. The summed E-state index contributed by atoms with van der Waals surface area (Å²) in [5.74, 6) is 0.984. The van der Waals surface area contributed by atoms with Crippen LogP contribution in [0, 0.1) is 11.8 Å². The number of aliphatic hydroxyl groups is 2. The molecule has 0 aromatic heterocycles. The van der Waals surface area contributed by atoms with E-state index in [1.807, 2.05) is 0 Å². The minimum atomic E-state index is -0.713. The van der Waals surface area contributed by atoms with Crippen LogP contribution < -0.4 is 5.73 Å². The molecule has 3 heteroatoms. The molecule has 3 nitrogen and oxygen atoms in total. The van der Waals surface area contributed by atoms with Crippen LogP contribution in [0.25, 0.3) is 0 Å². The van der Waals surface area contributed by atoms with E-state index in [1.54, 1.807) is 0 Å². The molecular formula is C13H25NO2. The summed E-state index contributed by atoms with van der Waals surface area (Å²) in [6.07, 6.45) is 8.14. The van der Waals surface area contributed by atoms with Crippen molar-refractivity contribution in [3.8, 4) is 0 Å². The molecule has 0 saturated heterocycles. The lowest BCUT2D eigenvalue weighted by Gasteiger charge is -2.29. The highest BCUT2D eigenvalue weighted by Gasteiger charge is 2.37. The number of hydrogen-bond donors (Lipinski definition) is 3. The van der Waals surface area contributed by atoms with Gasteiger partial charge >= 0.3 is 0 Å². The Bertz CT molecular complexity index is 212. The molecule has 0 aromatic rings. The standard InChI is InChI=1S/C13H25NO2/c14-11(8-9-4-2-1-3-5-9)13(16)12(15)10-6-7-10/h9-13,15-16H,1-8,14H2/t11?,12-,13+/m0/s1. The second-order valence-electron chi connectivity index (χ2n) is 5.72. The maximum atomic E-state index is 9.95. The first-order valence-electron chi connectivity index (χ1n) is 6.80. The summed E-state index contributed by atoms with van der Waals surface area (Å²) in [7, 11) is 0. The minimum Gasteiger partial charge on any atom is -0.390 e. The molecule has 16 heavy (non-hydrogen) atoms. The maximum absolute atomic E-state index is 9.95. The second kappa shape index (κ2) is 5.48. The van der Waals surface area contributed by atoms with Gasteiger partial charge in [0.25, 0.3) is 0 Å². The Labute approximate surface area is 98.0 Å². The van der Waals surface area contributed by atoms with E-state index in [0.717, 1.165) is 19.3 Å². The average Bonchev–Trinajstić information content (AvgIpc) is 3.12. The third kappa shape index (κ3) is 3.19. The summed E-state index contributed by atoms with van der Waals surface area (Å²) in [6.45, 7) is 0. The van der Waals surface area contributed by atoms with Gasteiger partial charge in [-0.3, -0.25) is 0 Å². The Kier molecular flexibility index (Phi) is 4.22. The van der Waals surface area contributed by atoms with Gasteiger partial charge in [0, 0.05) is 6.04 Å². The number of nitrogens with two attached hydrogens (primary N) is 1. The molecule has 3 atom stereocenters. The highest BCUT2D eigenvalue weighted by Crippen LogP contribution is 2.35. The van der Waals surface area contributed by atoms with Crippen LogP contribution in [0.3, 0.4) is 0 Å². The molecule has 2 rings (SSSR count). The van der Waals surface area contributed by atoms with Crippen molar-refractivity contribution in [2.24, 2.45) is 17.6 Å². The van der Waals surface area contributed by atoms with E-state index in [0.29, 0.717) is 11.8 Å². The Morgan fingerprint density at radius 2 is 1.62 bits per heavy atom. The molecule has 0 spiro atoms. The first-order chi connectivity index (χ1) is 7.68. The fraction of sp³-hybridized carbons (Fsp3) is 1.00. The van der Waals surface area contributed by atoms with Crippen molar-refractivity contribution >= 4 is 0 Å². The van der Waals surface area contributed by atoms with Crippen LogP contribution in [-0.2, 0) is 0 Å². The second-order valence-corrected chi connectivity index (χ2v) is 5.72. The van der Waals surface area contributed by atoms with E-state index in [9.17, 15) is 10.2 Å². The SMILES string of the molecule is NC(CC1CCCCC1)[C@@H](O)[C@@H](O)C1CC1. The Balaban J connectivity index is 1.74. The van der Waals surface area contributed by atoms with Gasteiger partial charge in [0.2, 0.25) is 0 Å². The molecule has 0 aromatic carbocycles. The third-order valence-corrected chi connectivity index (χ3v) is 4.22. The van der Waals surface area contributed by atoms with Crippen molar-refractivity contribution < 1.29 is 10.2 Å². The van der Waals surface area contributed by atoms with Crippen LogP contribution >= 0.6 is 0 Å². The third-order valence-electron chi connectivity index (χ3n) is 4.22. The van der Waals surface area contributed by atoms with Crippen molar-refractivity contribution in [2.75, 3.05) is 0 Å². The van der Waals surface area contributed by atoms with E-state index >= 15 is 0 Å². The van der Waals surface area contributed by atoms with Crippen molar-refractivity contribution in [2.45, 2.75) is 69.6 Å². The van der Waals surface area contributed by atoms with E-state index < -0.39 is 12.2 Å². The molecule has 0 heterocycles. The first kappa shape index (κ1) is 12.3. The number of aliphatic hydroxyl groups excluding tert-OH is 2. The molecule has 0 amide bonds. The predicted molar refractivity (Wildman–Crippen MR) is 63.9 cm³/mol. The molecule has 94 valence electrons. The lowest BCUT2D eigenvalue weighted by Crippen LogP contribution is -2.45. The van der Waals surface area contributed by atoms with Crippen LogP contribution in [0.1, 0.15) is 51.4 Å². The zero-order chi connectivity index (χ0) is 11.5. The van der Waals surface area contributed by atoms with Crippen molar-refractivity contribution in [1.29, 1.82) is 0 Å². The predicted octanol–water partition coefficient (Wildman–Crippen LogP) is 1.42. The van der Waals surface area contributed by atoms with Gasteiger partial charge in [-0.25, -0.2) is 0 Å². The zero-order valence-corrected chi connectivity index (χ0v) is 10.0. The van der Waals surface area contributed by atoms with Crippen molar-refractivity contribution in [3.63, 3.8) is 0 Å². The summed E-state index contributed by atoms with van der Waals surface area (Å²) < 4.78 is 0. The van der Waals surface area contributed by atoms with Gasteiger partial charge in [-0.1, -0.05) is 32.1 Å². The van der Waals surface area contributed by atoms with E-state index in [2.05, 4.69) is 0 Å². The van der Waals surface area contributed by atoms with Gasteiger partial charge < -0.3 is 15.9 Å². The lowest BCUT2D eigenvalue weighted by molar-refractivity contribution is -0.0133.